The van der Waals surface area contributed by atoms with Gasteiger partial charge in [-0.15, -0.1) is 0 Å². The highest BCUT2D eigenvalue weighted by Crippen LogP contribution is 2.51. The molecule has 0 aromatic heterocycles. The second-order valence-electron chi connectivity index (χ2n) is 7.19. The maximum atomic E-state index is 12.6. The van der Waals surface area contributed by atoms with E-state index in [0.717, 1.165) is 42.7 Å². The van der Waals surface area contributed by atoms with Crippen molar-refractivity contribution in [3.63, 3.8) is 0 Å². The van der Waals surface area contributed by atoms with Gasteiger partial charge in [0.05, 0.1) is 14.2 Å². The Morgan fingerprint density at radius 2 is 1.96 bits per heavy atom. The Kier molecular flexibility index (Phi) is 4.99. The summed E-state index contributed by atoms with van der Waals surface area (Å²) < 4.78 is 10.8. The van der Waals surface area contributed by atoms with Gasteiger partial charge in [-0.05, 0) is 58.0 Å². The summed E-state index contributed by atoms with van der Waals surface area (Å²) in [5.74, 6) is 2.13. The van der Waals surface area contributed by atoms with Crippen LogP contribution in [0.3, 0.4) is 0 Å². The minimum Gasteiger partial charge on any atom is -0.497 e. The van der Waals surface area contributed by atoms with E-state index in [0.29, 0.717) is 12.1 Å². The van der Waals surface area contributed by atoms with Crippen molar-refractivity contribution in [1.29, 1.82) is 0 Å². The molecule has 4 atom stereocenters. The Balaban J connectivity index is 1.60. The van der Waals surface area contributed by atoms with E-state index in [4.69, 9.17) is 9.47 Å². The average Bonchev–Trinajstić information content (AvgIpc) is 3.25. The first-order valence-electron chi connectivity index (χ1n) is 8.72. The van der Waals surface area contributed by atoms with Gasteiger partial charge in [0.2, 0.25) is 5.91 Å². The third-order valence-corrected chi connectivity index (χ3v) is 5.45. The summed E-state index contributed by atoms with van der Waals surface area (Å²) in [6.45, 7) is 0. The summed E-state index contributed by atoms with van der Waals surface area (Å²) >= 11 is 0. The van der Waals surface area contributed by atoms with Gasteiger partial charge in [0.15, 0.2) is 0 Å². The summed E-state index contributed by atoms with van der Waals surface area (Å²) in [4.78, 5) is 14.8. The van der Waals surface area contributed by atoms with Gasteiger partial charge in [-0.2, -0.15) is 0 Å². The number of ether oxygens (including phenoxy) is 2. The molecule has 3 rings (SSSR count). The molecule has 0 unspecified atom stereocenters. The van der Waals surface area contributed by atoms with E-state index in [9.17, 15) is 4.79 Å². The van der Waals surface area contributed by atoms with E-state index in [2.05, 4.69) is 24.3 Å². The molecule has 0 spiro atoms. The van der Waals surface area contributed by atoms with Gasteiger partial charge in [-0.1, -0.05) is 0 Å². The Labute approximate surface area is 144 Å². The van der Waals surface area contributed by atoms with Crippen LogP contribution in [-0.4, -0.2) is 51.2 Å². The lowest BCUT2D eigenvalue weighted by molar-refractivity contribution is -0.123. The zero-order chi connectivity index (χ0) is 17.3. The fourth-order valence-corrected chi connectivity index (χ4v) is 3.82. The second-order valence-corrected chi connectivity index (χ2v) is 7.19. The van der Waals surface area contributed by atoms with E-state index >= 15 is 0 Å². The van der Waals surface area contributed by atoms with Crippen molar-refractivity contribution in [3.8, 4) is 11.5 Å². The molecule has 0 saturated heterocycles. The molecule has 2 aliphatic carbocycles. The van der Waals surface area contributed by atoms with Crippen LogP contribution < -0.4 is 14.8 Å². The van der Waals surface area contributed by atoms with Crippen LogP contribution in [0.2, 0.25) is 0 Å². The zero-order valence-corrected chi connectivity index (χ0v) is 15.0. The smallest absolute Gasteiger partial charge is 0.223 e. The predicted molar refractivity (Wildman–Crippen MR) is 93.7 cm³/mol. The number of carbonyl (C=O) groups is 1. The van der Waals surface area contributed by atoms with Gasteiger partial charge in [-0.3, -0.25) is 4.79 Å². The minimum atomic E-state index is 0.0596. The van der Waals surface area contributed by atoms with Crippen molar-refractivity contribution in [1.82, 2.24) is 10.2 Å². The van der Waals surface area contributed by atoms with Crippen LogP contribution in [0.25, 0.3) is 0 Å². The maximum absolute atomic E-state index is 12.6. The molecule has 1 amide bonds. The summed E-state index contributed by atoms with van der Waals surface area (Å²) in [6.07, 6.45) is 4.18. The van der Waals surface area contributed by atoms with Crippen molar-refractivity contribution >= 4 is 5.91 Å². The summed E-state index contributed by atoms with van der Waals surface area (Å²) in [7, 11) is 7.55. The van der Waals surface area contributed by atoms with E-state index < -0.39 is 0 Å². The molecular formula is C19H28N2O3. The Hall–Kier alpha value is -1.75. The molecule has 0 aliphatic heterocycles. The molecule has 1 aromatic rings. The molecule has 2 aliphatic rings. The third kappa shape index (κ3) is 3.51. The number of carbonyl (C=O) groups excluding carboxylic acids is 1. The summed E-state index contributed by atoms with van der Waals surface area (Å²) in [5, 5.41) is 3.25. The average molecular weight is 332 g/mol. The van der Waals surface area contributed by atoms with Crippen molar-refractivity contribution in [2.24, 2.45) is 5.92 Å². The largest absolute Gasteiger partial charge is 0.497 e. The Morgan fingerprint density at radius 1 is 1.17 bits per heavy atom. The van der Waals surface area contributed by atoms with Crippen molar-refractivity contribution in [2.75, 3.05) is 28.3 Å². The van der Waals surface area contributed by atoms with E-state index in [1.807, 2.05) is 18.2 Å². The lowest BCUT2D eigenvalue weighted by atomic mass is 10.1. The van der Waals surface area contributed by atoms with Crippen LogP contribution in [0.4, 0.5) is 0 Å². The Morgan fingerprint density at radius 3 is 2.58 bits per heavy atom. The number of nitrogens with one attached hydrogen (secondary N) is 1. The maximum Gasteiger partial charge on any atom is 0.223 e. The van der Waals surface area contributed by atoms with Crippen molar-refractivity contribution in [3.05, 3.63) is 23.8 Å². The number of amides is 1. The molecule has 1 N–H and O–H groups in total. The number of rotatable bonds is 6. The molecule has 1 aromatic carbocycles. The highest BCUT2D eigenvalue weighted by molar-refractivity contribution is 5.83. The van der Waals surface area contributed by atoms with Crippen LogP contribution in [0.5, 0.6) is 11.5 Å². The van der Waals surface area contributed by atoms with Crippen LogP contribution >= 0.6 is 0 Å². The molecule has 24 heavy (non-hydrogen) atoms. The number of benzene rings is 1. The van der Waals surface area contributed by atoms with E-state index in [1.54, 1.807) is 14.2 Å². The monoisotopic (exact) mass is 332 g/mol. The fraction of sp³-hybridized carbons (Fsp3) is 0.632. The molecule has 2 fully saturated rings. The van der Waals surface area contributed by atoms with Gasteiger partial charge in [0.1, 0.15) is 11.5 Å². The molecule has 5 heteroatoms. The third-order valence-electron chi connectivity index (χ3n) is 5.45. The highest BCUT2D eigenvalue weighted by Gasteiger charge is 2.46. The Bertz CT molecular complexity index is 602. The van der Waals surface area contributed by atoms with Crippen LogP contribution in [0.15, 0.2) is 18.2 Å². The van der Waals surface area contributed by atoms with Gasteiger partial charge in [0.25, 0.3) is 0 Å². The topological polar surface area (TPSA) is 50.8 Å². The summed E-state index contributed by atoms with van der Waals surface area (Å²) in [6, 6.07) is 6.70. The van der Waals surface area contributed by atoms with E-state index in [-0.39, 0.29) is 17.7 Å². The van der Waals surface area contributed by atoms with Crippen LogP contribution in [0.1, 0.15) is 37.2 Å². The first-order chi connectivity index (χ1) is 11.5. The van der Waals surface area contributed by atoms with Gasteiger partial charge in [0, 0.05) is 29.5 Å². The number of nitrogens with zero attached hydrogens (tertiary/aromatic N) is 1. The van der Waals surface area contributed by atoms with Crippen molar-refractivity contribution < 1.29 is 14.3 Å². The standard InChI is InChI=1S/C19H28N2O3/c1-21(2)13-6-5-12(9-13)20-19(22)17-11-15(17)16-10-14(23-3)7-8-18(16)24-4/h7-8,10,12-13,15,17H,5-6,9,11H2,1-4H3,(H,20,22)/t12-,13-,15+,17+/m1/s1. The number of hydrogen-bond acceptors (Lipinski definition) is 4. The first kappa shape index (κ1) is 17.1. The highest BCUT2D eigenvalue weighted by atomic mass is 16.5. The van der Waals surface area contributed by atoms with Crippen LogP contribution in [0, 0.1) is 5.92 Å². The van der Waals surface area contributed by atoms with Gasteiger partial charge in [-0.25, -0.2) is 0 Å². The van der Waals surface area contributed by atoms with Gasteiger partial charge >= 0.3 is 0 Å². The lowest BCUT2D eigenvalue weighted by Gasteiger charge is -2.19. The SMILES string of the molecule is COc1ccc(OC)c([C@@H]2C[C@@H]2C(=O)N[C@@H]2CC[C@@H](N(C)C)C2)c1. The normalized spacial score (nSPS) is 28.7. The lowest BCUT2D eigenvalue weighted by Crippen LogP contribution is -2.36. The van der Waals surface area contributed by atoms with Gasteiger partial charge < -0.3 is 19.7 Å². The molecule has 132 valence electrons. The number of hydrogen-bond donors (Lipinski definition) is 1. The van der Waals surface area contributed by atoms with Crippen LogP contribution in [-0.2, 0) is 4.79 Å². The molecular weight excluding hydrogens is 304 g/mol. The molecule has 0 radical (unpaired) electrons. The fourth-order valence-electron chi connectivity index (χ4n) is 3.82. The summed E-state index contributed by atoms with van der Waals surface area (Å²) in [5.41, 5.74) is 1.08. The number of methoxy groups -OCH3 is 2. The molecule has 2 saturated carbocycles. The predicted octanol–water partition coefficient (Wildman–Crippen LogP) is 2.41. The van der Waals surface area contributed by atoms with E-state index in [1.165, 1.54) is 0 Å². The first-order valence-corrected chi connectivity index (χ1v) is 8.72. The molecule has 0 heterocycles. The second kappa shape index (κ2) is 7.01. The minimum absolute atomic E-state index is 0.0596. The quantitative estimate of drug-likeness (QED) is 0.869. The molecule has 0 bridgehead atoms. The zero-order valence-electron chi connectivity index (χ0n) is 15.0. The molecule has 5 nitrogen and oxygen atoms in total. The van der Waals surface area contributed by atoms with Crippen molar-refractivity contribution in [2.45, 2.75) is 43.7 Å².